The lowest BCUT2D eigenvalue weighted by atomic mass is 10.3. The summed E-state index contributed by atoms with van der Waals surface area (Å²) in [6.07, 6.45) is 1.05. The van der Waals surface area contributed by atoms with Crippen LogP contribution in [0.1, 0.15) is 20.3 Å². The molecule has 0 fully saturated rings. The smallest absolute Gasteiger partial charge is 0.225 e. The molecule has 3 N–H and O–H groups in total. The van der Waals surface area contributed by atoms with Gasteiger partial charge in [-0.3, -0.25) is 0 Å². The number of anilines is 2. The van der Waals surface area contributed by atoms with Gasteiger partial charge in [0.1, 0.15) is 10.4 Å². The molecule has 0 saturated carbocycles. The molecule has 0 radical (unpaired) electrons. The van der Waals surface area contributed by atoms with E-state index in [4.69, 9.17) is 5.73 Å². The minimum absolute atomic E-state index is 0.466. The van der Waals surface area contributed by atoms with Crippen molar-refractivity contribution < 1.29 is 0 Å². The van der Waals surface area contributed by atoms with Crippen LogP contribution in [0.15, 0.2) is 10.7 Å². The fourth-order valence-electron chi connectivity index (χ4n) is 1.30. The van der Waals surface area contributed by atoms with Crippen molar-refractivity contribution >= 4 is 27.7 Å². The van der Waals surface area contributed by atoms with Crippen LogP contribution in [0, 0.1) is 0 Å². The van der Waals surface area contributed by atoms with E-state index in [9.17, 15) is 0 Å². The molecule has 6 heteroatoms. The normalized spacial score (nSPS) is 11.2. The van der Waals surface area contributed by atoms with Crippen LogP contribution in [0.3, 0.4) is 0 Å². The topological polar surface area (TPSA) is 67.1 Å². The van der Waals surface area contributed by atoms with Crippen molar-refractivity contribution in [3.63, 3.8) is 0 Å². The van der Waals surface area contributed by atoms with Crippen molar-refractivity contribution in [3.8, 4) is 0 Å². The summed E-state index contributed by atoms with van der Waals surface area (Å²) in [5.41, 5.74) is 5.62. The highest BCUT2D eigenvalue weighted by Gasteiger charge is 2.03. The van der Waals surface area contributed by atoms with Gasteiger partial charge in [0.2, 0.25) is 5.95 Å². The number of nitrogens with one attached hydrogen (secondary N) is 1. The van der Waals surface area contributed by atoms with Crippen LogP contribution >= 0.6 is 15.9 Å². The number of rotatable bonds is 6. The molecule has 0 saturated heterocycles. The summed E-state index contributed by atoms with van der Waals surface area (Å²) < 4.78 is 0.701. The second-order valence-corrected chi connectivity index (χ2v) is 5.11. The van der Waals surface area contributed by atoms with E-state index in [1.807, 2.05) is 0 Å². The quantitative estimate of drug-likeness (QED) is 0.621. The summed E-state index contributed by atoms with van der Waals surface area (Å²) in [7, 11) is 2.12. The second kappa shape index (κ2) is 6.76. The molecule has 1 aromatic rings. The van der Waals surface area contributed by atoms with Crippen LogP contribution in [-0.2, 0) is 0 Å². The minimum Gasteiger partial charge on any atom is -0.383 e. The third-order valence-electron chi connectivity index (χ3n) is 2.57. The van der Waals surface area contributed by atoms with Gasteiger partial charge in [-0.1, -0.05) is 0 Å². The molecule has 0 bridgehead atoms. The Morgan fingerprint density at radius 1 is 1.47 bits per heavy atom. The summed E-state index contributed by atoms with van der Waals surface area (Å²) in [6, 6.07) is 2.25. The molecule has 1 rings (SSSR count). The number of hydrogen-bond acceptors (Lipinski definition) is 5. The summed E-state index contributed by atoms with van der Waals surface area (Å²) in [5, 5.41) is 3.16. The van der Waals surface area contributed by atoms with Crippen LogP contribution in [0.4, 0.5) is 11.8 Å². The number of hydrogen-bond donors (Lipinski definition) is 2. The zero-order valence-electron chi connectivity index (χ0n) is 10.6. The maximum atomic E-state index is 5.62. The van der Waals surface area contributed by atoms with E-state index in [0.29, 0.717) is 22.4 Å². The molecular formula is C11H20BrN5. The molecule has 0 aliphatic rings. The molecule has 1 heterocycles. The number of aromatic nitrogens is 2. The highest BCUT2D eigenvalue weighted by Crippen LogP contribution is 2.12. The molecule has 0 spiro atoms. The van der Waals surface area contributed by atoms with Crippen LogP contribution in [-0.4, -0.2) is 41.0 Å². The lowest BCUT2D eigenvalue weighted by Crippen LogP contribution is -2.28. The van der Waals surface area contributed by atoms with E-state index < -0.39 is 0 Å². The predicted octanol–water partition coefficient (Wildman–Crippen LogP) is 1.96. The van der Waals surface area contributed by atoms with Crippen LogP contribution < -0.4 is 11.1 Å². The minimum atomic E-state index is 0.466. The lowest BCUT2D eigenvalue weighted by Gasteiger charge is -2.20. The molecule has 0 unspecified atom stereocenters. The van der Waals surface area contributed by atoms with E-state index in [0.717, 1.165) is 19.5 Å². The van der Waals surface area contributed by atoms with Crippen LogP contribution in [0.5, 0.6) is 0 Å². The van der Waals surface area contributed by atoms with E-state index >= 15 is 0 Å². The standard InChI is InChI=1S/C11H20BrN5/c1-8(2)17(3)6-4-5-14-11-15-9(12)7-10(13)16-11/h7-8H,4-6H2,1-3H3,(H3,13,14,15,16). The number of nitrogens with two attached hydrogens (primary N) is 1. The highest BCUT2D eigenvalue weighted by molar-refractivity contribution is 9.10. The van der Waals surface area contributed by atoms with E-state index in [-0.39, 0.29) is 0 Å². The Morgan fingerprint density at radius 3 is 2.76 bits per heavy atom. The molecule has 0 aliphatic carbocycles. The van der Waals surface area contributed by atoms with Crippen molar-refractivity contribution in [3.05, 3.63) is 10.7 Å². The van der Waals surface area contributed by atoms with E-state index in [1.54, 1.807) is 6.07 Å². The molecule has 96 valence electrons. The van der Waals surface area contributed by atoms with Crippen molar-refractivity contribution in [1.82, 2.24) is 14.9 Å². The zero-order chi connectivity index (χ0) is 12.8. The third kappa shape index (κ3) is 5.32. The Balaban J connectivity index is 2.31. The fraction of sp³-hybridized carbons (Fsp3) is 0.636. The predicted molar refractivity (Wildman–Crippen MR) is 75.0 cm³/mol. The van der Waals surface area contributed by atoms with Crippen LogP contribution in [0.2, 0.25) is 0 Å². The summed E-state index contributed by atoms with van der Waals surface area (Å²) >= 11 is 3.28. The maximum absolute atomic E-state index is 5.62. The molecule has 0 aliphatic heterocycles. The molecule has 5 nitrogen and oxygen atoms in total. The van der Waals surface area contributed by atoms with Gasteiger partial charge in [-0.2, -0.15) is 4.98 Å². The molecule has 1 aromatic heterocycles. The molecule has 0 aromatic carbocycles. The average molecular weight is 302 g/mol. The van der Waals surface area contributed by atoms with Gasteiger partial charge in [-0.25, -0.2) is 4.98 Å². The first kappa shape index (κ1) is 14.2. The Hall–Kier alpha value is -0.880. The zero-order valence-corrected chi connectivity index (χ0v) is 12.2. The first-order valence-electron chi connectivity index (χ1n) is 5.73. The maximum Gasteiger partial charge on any atom is 0.225 e. The summed E-state index contributed by atoms with van der Waals surface area (Å²) in [4.78, 5) is 10.6. The SMILES string of the molecule is CC(C)N(C)CCCNc1nc(N)cc(Br)n1. The van der Waals surface area contributed by atoms with Gasteiger partial charge in [0.15, 0.2) is 0 Å². The van der Waals surface area contributed by atoms with Crippen molar-refractivity contribution in [2.45, 2.75) is 26.3 Å². The Kier molecular flexibility index (Phi) is 5.64. The molecule has 0 amide bonds. The van der Waals surface area contributed by atoms with Crippen molar-refractivity contribution in [2.24, 2.45) is 0 Å². The van der Waals surface area contributed by atoms with Crippen molar-refractivity contribution in [1.29, 1.82) is 0 Å². The van der Waals surface area contributed by atoms with Gasteiger partial charge in [0.25, 0.3) is 0 Å². The average Bonchev–Trinajstić information content (AvgIpc) is 2.22. The lowest BCUT2D eigenvalue weighted by molar-refractivity contribution is 0.273. The number of nitrogen functional groups attached to an aromatic ring is 1. The Bertz CT molecular complexity index is 335. The highest BCUT2D eigenvalue weighted by atomic mass is 79.9. The number of nitrogens with zero attached hydrogens (tertiary/aromatic N) is 3. The van der Waals surface area contributed by atoms with E-state index in [1.165, 1.54) is 0 Å². The van der Waals surface area contributed by atoms with Crippen molar-refractivity contribution in [2.75, 3.05) is 31.2 Å². The second-order valence-electron chi connectivity index (χ2n) is 4.29. The largest absolute Gasteiger partial charge is 0.383 e. The van der Waals surface area contributed by atoms with Gasteiger partial charge >= 0.3 is 0 Å². The third-order valence-corrected chi connectivity index (χ3v) is 2.97. The van der Waals surface area contributed by atoms with Gasteiger partial charge in [-0.15, -0.1) is 0 Å². The van der Waals surface area contributed by atoms with Gasteiger partial charge in [-0.05, 0) is 49.8 Å². The van der Waals surface area contributed by atoms with Crippen LogP contribution in [0.25, 0.3) is 0 Å². The fourth-order valence-corrected chi connectivity index (χ4v) is 1.70. The first-order chi connectivity index (χ1) is 7.99. The molecule has 0 atom stereocenters. The van der Waals surface area contributed by atoms with Gasteiger partial charge < -0.3 is 16.0 Å². The van der Waals surface area contributed by atoms with Gasteiger partial charge in [0.05, 0.1) is 0 Å². The monoisotopic (exact) mass is 301 g/mol. The first-order valence-corrected chi connectivity index (χ1v) is 6.52. The summed E-state index contributed by atoms with van der Waals surface area (Å²) in [5.74, 6) is 1.04. The summed E-state index contributed by atoms with van der Waals surface area (Å²) in [6.45, 7) is 6.26. The number of halogens is 1. The molecular weight excluding hydrogens is 282 g/mol. The van der Waals surface area contributed by atoms with Gasteiger partial charge in [0, 0.05) is 18.7 Å². The molecule has 17 heavy (non-hydrogen) atoms. The Morgan fingerprint density at radius 2 is 2.18 bits per heavy atom. The van der Waals surface area contributed by atoms with E-state index in [2.05, 4.69) is 57.0 Å². The Labute approximate surface area is 111 Å².